The Morgan fingerprint density at radius 1 is 1.42 bits per heavy atom. The molecule has 0 saturated carbocycles. The lowest BCUT2D eigenvalue weighted by molar-refractivity contribution is 0.176. The largest absolute Gasteiger partial charge is 0.492 e. The molecular formula is C15H23BrN2O. The van der Waals surface area contributed by atoms with E-state index in [0.717, 1.165) is 22.7 Å². The molecule has 1 aromatic rings. The monoisotopic (exact) mass is 326 g/mol. The van der Waals surface area contributed by atoms with Gasteiger partial charge in [-0.2, -0.15) is 0 Å². The summed E-state index contributed by atoms with van der Waals surface area (Å²) < 4.78 is 6.68. The highest BCUT2D eigenvalue weighted by atomic mass is 79.9. The minimum absolute atomic E-state index is 0.547. The van der Waals surface area contributed by atoms with Crippen molar-refractivity contribution in [3.63, 3.8) is 0 Å². The van der Waals surface area contributed by atoms with Crippen molar-refractivity contribution in [1.82, 2.24) is 4.90 Å². The summed E-state index contributed by atoms with van der Waals surface area (Å²) >= 11 is 3.55. The van der Waals surface area contributed by atoms with Crippen LogP contribution in [0.4, 0.5) is 0 Å². The fraction of sp³-hybridized carbons (Fsp3) is 0.600. The zero-order valence-corrected chi connectivity index (χ0v) is 13.2. The van der Waals surface area contributed by atoms with Gasteiger partial charge in [-0.25, -0.2) is 0 Å². The van der Waals surface area contributed by atoms with Crippen molar-refractivity contribution >= 4 is 15.9 Å². The minimum Gasteiger partial charge on any atom is -0.492 e. The van der Waals surface area contributed by atoms with Gasteiger partial charge in [-0.15, -0.1) is 0 Å². The topological polar surface area (TPSA) is 38.5 Å². The van der Waals surface area contributed by atoms with Gasteiger partial charge in [0.1, 0.15) is 12.4 Å². The molecule has 2 rings (SSSR count). The maximum Gasteiger partial charge on any atom is 0.120 e. The fourth-order valence-electron chi connectivity index (χ4n) is 2.66. The molecule has 1 atom stereocenters. The van der Waals surface area contributed by atoms with Crippen molar-refractivity contribution in [2.75, 3.05) is 26.2 Å². The van der Waals surface area contributed by atoms with Crippen LogP contribution >= 0.6 is 15.9 Å². The van der Waals surface area contributed by atoms with Crippen LogP contribution in [-0.4, -0.2) is 31.1 Å². The molecule has 2 N–H and O–H groups in total. The lowest BCUT2D eigenvalue weighted by Crippen LogP contribution is -2.33. The molecule has 0 bridgehead atoms. The van der Waals surface area contributed by atoms with Gasteiger partial charge in [0.2, 0.25) is 0 Å². The first-order valence-electron chi connectivity index (χ1n) is 7.02. The second kappa shape index (κ2) is 7.27. The number of ether oxygens (including phenoxy) is 1. The van der Waals surface area contributed by atoms with E-state index in [-0.39, 0.29) is 0 Å². The lowest BCUT2D eigenvalue weighted by Gasteiger charge is -2.30. The predicted molar refractivity (Wildman–Crippen MR) is 82.4 cm³/mol. The van der Waals surface area contributed by atoms with Crippen LogP contribution in [0.25, 0.3) is 0 Å². The number of benzene rings is 1. The number of piperidine rings is 1. The standard InChI is InChI=1S/C15H23BrN2O/c1-12-3-2-5-18(10-12)11-13-7-14(16)9-15(8-13)19-6-4-17/h7-9,12H,2-6,10-11,17H2,1H3. The van der Waals surface area contributed by atoms with E-state index in [0.29, 0.717) is 13.2 Å². The van der Waals surface area contributed by atoms with E-state index in [4.69, 9.17) is 10.5 Å². The molecule has 4 heteroatoms. The molecule has 1 aliphatic rings. The van der Waals surface area contributed by atoms with Crippen molar-refractivity contribution in [3.05, 3.63) is 28.2 Å². The quantitative estimate of drug-likeness (QED) is 0.903. The van der Waals surface area contributed by atoms with Crippen LogP contribution in [-0.2, 0) is 6.54 Å². The Balaban J connectivity index is 2.00. The summed E-state index contributed by atoms with van der Waals surface area (Å²) in [6.45, 7) is 6.86. The summed E-state index contributed by atoms with van der Waals surface area (Å²) in [5.41, 5.74) is 6.77. The summed E-state index contributed by atoms with van der Waals surface area (Å²) in [6, 6.07) is 6.30. The number of nitrogens with zero attached hydrogens (tertiary/aromatic N) is 1. The molecule has 19 heavy (non-hydrogen) atoms. The van der Waals surface area contributed by atoms with Crippen LogP contribution in [0.1, 0.15) is 25.3 Å². The summed E-state index contributed by atoms with van der Waals surface area (Å²) in [4.78, 5) is 2.53. The SMILES string of the molecule is CC1CCCN(Cc2cc(Br)cc(OCCN)c2)C1. The Morgan fingerprint density at radius 2 is 2.26 bits per heavy atom. The third kappa shape index (κ3) is 4.79. The molecule has 3 nitrogen and oxygen atoms in total. The predicted octanol–water partition coefficient (Wildman–Crippen LogP) is 3.02. The van der Waals surface area contributed by atoms with Gasteiger partial charge in [0.15, 0.2) is 0 Å². The van der Waals surface area contributed by atoms with Gasteiger partial charge in [-0.05, 0) is 49.1 Å². The molecule has 1 unspecified atom stereocenters. The van der Waals surface area contributed by atoms with Gasteiger partial charge < -0.3 is 10.5 Å². The zero-order valence-electron chi connectivity index (χ0n) is 11.6. The molecule has 0 aliphatic carbocycles. The Hall–Kier alpha value is -0.580. The van der Waals surface area contributed by atoms with Crippen LogP contribution in [0, 0.1) is 5.92 Å². The summed E-state index contributed by atoms with van der Waals surface area (Å²) in [5.74, 6) is 1.72. The maximum absolute atomic E-state index is 5.61. The summed E-state index contributed by atoms with van der Waals surface area (Å²) in [7, 11) is 0. The molecule has 1 fully saturated rings. The number of halogens is 1. The van der Waals surface area contributed by atoms with Gasteiger partial charge >= 0.3 is 0 Å². The smallest absolute Gasteiger partial charge is 0.120 e. The van der Waals surface area contributed by atoms with Crippen molar-refractivity contribution in [2.24, 2.45) is 11.7 Å². The van der Waals surface area contributed by atoms with Crippen LogP contribution in [0.3, 0.4) is 0 Å². The first-order chi connectivity index (χ1) is 9.17. The normalized spacial score (nSPS) is 20.5. The average molecular weight is 327 g/mol. The van der Waals surface area contributed by atoms with E-state index in [1.165, 1.54) is 31.5 Å². The molecule has 106 valence electrons. The van der Waals surface area contributed by atoms with Crippen molar-refractivity contribution < 1.29 is 4.74 Å². The molecule has 0 aromatic heterocycles. The first-order valence-corrected chi connectivity index (χ1v) is 7.81. The molecule has 0 radical (unpaired) electrons. The highest BCUT2D eigenvalue weighted by Crippen LogP contribution is 2.24. The number of likely N-dealkylation sites (tertiary alicyclic amines) is 1. The number of rotatable bonds is 5. The fourth-order valence-corrected chi connectivity index (χ4v) is 3.18. The molecule has 1 heterocycles. The second-order valence-electron chi connectivity index (χ2n) is 5.41. The minimum atomic E-state index is 0.547. The Labute approximate surface area is 124 Å². The maximum atomic E-state index is 5.61. The highest BCUT2D eigenvalue weighted by Gasteiger charge is 2.16. The number of nitrogens with two attached hydrogens (primary N) is 1. The summed E-state index contributed by atoms with van der Waals surface area (Å²) in [5, 5.41) is 0. The van der Waals surface area contributed by atoms with Crippen molar-refractivity contribution in [1.29, 1.82) is 0 Å². The van der Waals surface area contributed by atoms with Gasteiger partial charge in [0, 0.05) is 24.1 Å². The van der Waals surface area contributed by atoms with E-state index < -0.39 is 0 Å². The van der Waals surface area contributed by atoms with Gasteiger partial charge in [-0.3, -0.25) is 4.90 Å². The molecule has 1 aliphatic heterocycles. The first kappa shape index (κ1) is 14.8. The van der Waals surface area contributed by atoms with E-state index >= 15 is 0 Å². The van der Waals surface area contributed by atoms with E-state index in [9.17, 15) is 0 Å². The second-order valence-corrected chi connectivity index (χ2v) is 6.33. The van der Waals surface area contributed by atoms with E-state index in [2.05, 4.69) is 39.9 Å². The summed E-state index contributed by atoms with van der Waals surface area (Å²) in [6.07, 6.45) is 2.67. The third-order valence-corrected chi connectivity index (χ3v) is 3.92. The molecule has 1 aromatic carbocycles. The number of hydrogen-bond donors (Lipinski definition) is 1. The lowest BCUT2D eigenvalue weighted by atomic mass is 10.00. The highest BCUT2D eigenvalue weighted by molar-refractivity contribution is 9.10. The van der Waals surface area contributed by atoms with Gasteiger partial charge in [0.25, 0.3) is 0 Å². The molecular weight excluding hydrogens is 304 g/mol. The van der Waals surface area contributed by atoms with Crippen LogP contribution in [0.5, 0.6) is 5.75 Å². The van der Waals surface area contributed by atoms with Gasteiger partial charge in [-0.1, -0.05) is 22.9 Å². The number of hydrogen-bond acceptors (Lipinski definition) is 3. The van der Waals surface area contributed by atoms with Crippen LogP contribution in [0.2, 0.25) is 0 Å². The third-order valence-electron chi connectivity index (χ3n) is 3.46. The molecule has 0 spiro atoms. The average Bonchev–Trinajstić information content (AvgIpc) is 2.35. The zero-order chi connectivity index (χ0) is 13.7. The van der Waals surface area contributed by atoms with E-state index in [1.54, 1.807) is 0 Å². The van der Waals surface area contributed by atoms with Crippen molar-refractivity contribution in [2.45, 2.75) is 26.3 Å². The Bertz CT molecular complexity index is 411. The van der Waals surface area contributed by atoms with Crippen LogP contribution < -0.4 is 10.5 Å². The van der Waals surface area contributed by atoms with Gasteiger partial charge in [0.05, 0.1) is 0 Å². The van der Waals surface area contributed by atoms with Crippen LogP contribution in [0.15, 0.2) is 22.7 Å². The Kier molecular flexibility index (Phi) is 5.67. The Morgan fingerprint density at radius 3 is 3.00 bits per heavy atom. The molecule has 0 amide bonds. The van der Waals surface area contributed by atoms with E-state index in [1.807, 2.05) is 6.07 Å². The van der Waals surface area contributed by atoms with Crippen molar-refractivity contribution in [3.8, 4) is 5.75 Å². The molecule has 1 saturated heterocycles.